The van der Waals surface area contributed by atoms with Crippen LogP contribution < -0.4 is 4.90 Å². The molecule has 2 saturated heterocycles. The number of carboxylic acid groups (broad SMARTS) is 1. The lowest BCUT2D eigenvalue weighted by Crippen LogP contribution is -2.65. The first-order valence-corrected chi connectivity index (χ1v) is 7.40. The Balaban J connectivity index is 1.62. The summed E-state index contributed by atoms with van der Waals surface area (Å²) in [5.74, 6) is -1.01. The highest BCUT2D eigenvalue weighted by atomic mass is 19.2. The van der Waals surface area contributed by atoms with Gasteiger partial charge in [-0.2, -0.15) is 0 Å². The molecule has 1 N–H and O–H groups in total. The van der Waals surface area contributed by atoms with Crippen LogP contribution in [0.1, 0.15) is 6.42 Å². The molecule has 2 unspecified atom stereocenters. The lowest BCUT2D eigenvalue weighted by atomic mass is 9.83. The van der Waals surface area contributed by atoms with Crippen LogP contribution in [0.4, 0.5) is 19.4 Å². The summed E-state index contributed by atoms with van der Waals surface area (Å²) in [7, 11) is 0. The van der Waals surface area contributed by atoms with Crippen LogP contribution in [0.15, 0.2) is 18.3 Å². The number of anilines is 1. The van der Waals surface area contributed by atoms with Crippen molar-refractivity contribution in [2.24, 2.45) is 5.92 Å². The van der Waals surface area contributed by atoms with E-state index in [-0.39, 0.29) is 17.1 Å². The van der Waals surface area contributed by atoms with Gasteiger partial charge in [0.1, 0.15) is 11.3 Å². The lowest BCUT2D eigenvalue weighted by Gasteiger charge is -2.52. The number of halogens is 2. The Labute approximate surface area is 130 Å². The number of likely N-dealkylation sites (tertiary alicyclic amines) is 1. The molecule has 0 spiro atoms. The minimum absolute atomic E-state index is 0.0382. The van der Waals surface area contributed by atoms with Gasteiger partial charge >= 0.3 is 6.09 Å². The Morgan fingerprint density at radius 3 is 2.91 bits per heavy atom. The number of hydrogen-bond donors (Lipinski definition) is 1. The Hall–Kier alpha value is -2.51. The molecule has 1 aromatic heterocycles. The van der Waals surface area contributed by atoms with Crippen LogP contribution >= 0.6 is 0 Å². The molecule has 8 heteroatoms. The van der Waals surface area contributed by atoms with Crippen LogP contribution in [0.3, 0.4) is 0 Å². The molecule has 1 aromatic carbocycles. The monoisotopic (exact) mass is 320 g/mol. The van der Waals surface area contributed by atoms with E-state index < -0.39 is 17.7 Å². The van der Waals surface area contributed by atoms with Crippen molar-refractivity contribution in [2.75, 3.05) is 24.5 Å². The number of hydrogen-bond acceptors (Lipinski definition) is 4. The fourth-order valence-electron chi connectivity index (χ4n) is 3.39. The van der Waals surface area contributed by atoms with E-state index in [1.807, 2.05) is 4.90 Å². The number of fused-ring (bicyclic) bond motifs is 2. The molecule has 3 heterocycles. The van der Waals surface area contributed by atoms with E-state index in [4.69, 9.17) is 5.11 Å². The van der Waals surface area contributed by atoms with Gasteiger partial charge in [0.15, 0.2) is 11.6 Å². The van der Waals surface area contributed by atoms with Gasteiger partial charge in [0.05, 0.1) is 17.8 Å². The van der Waals surface area contributed by atoms with Crippen LogP contribution in [0.2, 0.25) is 0 Å². The van der Waals surface area contributed by atoms with Crippen molar-refractivity contribution in [1.29, 1.82) is 0 Å². The molecule has 2 atom stereocenters. The Morgan fingerprint density at radius 2 is 2.13 bits per heavy atom. The third-order valence-electron chi connectivity index (χ3n) is 4.71. The summed E-state index contributed by atoms with van der Waals surface area (Å²) in [6.45, 7) is 1.88. The van der Waals surface area contributed by atoms with Gasteiger partial charge in [0, 0.05) is 25.6 Å². The molecule has 120 valence electrons. The normalized spacial score (nSPS) is 23.6. The Bertz CT molecular complexity index is 800. The maximum Gasteiger partial charge on any atom is 0.407 e. The van der Waals surface area contributed by atoms with Crippen molar-refractivity contribution in [1.82, 2.24) is 14.9 Å². The number of piperidine rings is 1. The first kappa shape index (κ1) is 14.1. The predicted molar refractivity (Wildman–Crippen MR) is 78.3 cm³/mol. The van der Waals surface area contributed by atoms with Gasteiger partial charge in [-0.25, -0.2) is 23.5 Å². The number of aromatic nitrogens is 2. The standard InChI is InChI=1S/C15H14F2N4O2/c16-9-1-2-10-14(13(9)17)18-5-12(19-10)20-4-3-8-6-21(15(22)23)11(8)7-20/h1-2,5,8,11H,3-4,6-7H2,(H,22,23). The smallest absolute Gasteiger partial charge is 0.407 e. The van der Waals surface area contributed by atoms with Crippen molar-refractivity contribution in [2.45, 2.75) is 12.5 Å². The van der Waals surface area contributed by atoms with Gasteiger partial charge in [-0.05, 0) is 18.6 Å². The largest absolute Gasteiger partial charge is 0.465 e. The Kier molecular flexibility index (Phi) is 3.07. The van der Waals surface area contributed by atoms with Gasteiger partial charge in [-0.1, -0.05) is 0 Å². The van der Waals surface area contributed by atoms with Crippen molar-refractivity contribution in [3.8, 4) is 0 Å². The highest BCUT2D eigenvalue weighted by Crippen LogP contribution is 2.34. The summed E-state index contributed by atoms with van der Waals surface area (Å²) in [5, 5.41) is 9.13. The third kappa shape index (κ3) is 2.16. The van der Waals surface area contributed by atoms with E-state index in [1.165, 1.54) is 17.2 Å². The maximum absolute atomic E-state index is 13.7. The fourth-order valence-corrected chi connectivity index (χ4v) is 3.39. The van der Waals surface area contributed by atoms with Gasteiger partial charge in [-0.3, -0.25) is 0 Å². The van der Waals surface area contributed by atoms with E-state index in [2.05, 4.69) is 9.97 Å². The van der Waals surface area contributed by atoms with Crippen molar-refractivity contribution in [3.05, 3.63) is 30.0 Å². The maximum atomic E-state index is 13.7. The molecular formula is C15H14F2N4O2. The second-order valence-corrected chi connectivity index (χ2v) is 5.95. The molecule has 0 radical (unpaired) electrons. The number of rotatable bonds is 1. The van der Waals surface area contributed by atoms with E-state index in [1.54, 1.807) is 0 Å². The highest BCUT2D eigenvalue weighted by molar-refractivity contribution is 5.76. The SMILES string of the molecule is O=C(O)N1CC2CCN(c3cnc4c(F)c(F)ccc4n3)CC21. The predicted octanol–water partition coefficient (Wildman–Crippen LogP) is 2.10. The zero-order chi connectivity index (χ0) is 16.1. The zero-order valence-electron chi connectivity index (χ0n) is 12.1. The molecule has 1 amide bonds. The molecule has 6 nitrogen and oxygen atoms in total. The molecular weight excluding hydrogens is 306 g/mol. The van der Waals surface area contributed by atoms with Crippen LogP contribution in [-0.2, 0) is 0 Å². The van der Waals surface area contributed by atoms with Crippen LogP contribution in [-0.4, -0.2) is 51.7 Å². The molecule has 4 rings (SSSR count). The van der Waals surface area contributed by atoms with E-state index >= 15 is 0 Å². The van der Waals surface area contributed by atoms with Gasteiger partial charge in [-0.15, -0.1) is 0 Å². The summed E-state index contributed by atoms with van der Waals surface area (Å²) >= 11 is 0. The van der Waals surface area contributed by atoms with Crippen molar-refractivity contribution < 1.29 is 18.7 Å². The summed E-state index contributed by atoms with van der Waals surface area (Å²) in [4.78, 5) is 22.8. The van der Waals surface area contributed by atoms with Gasteiger partial charge in [0.25, 0.3) is 0 Å². The van der Waals surface area contributed by atoms with Crippen molar-refractivity contribution in [3.63, 3.8) is 0 Å². The number of carbonyl (C=O) groups is 1. The Morgan fingerprint density at radius 1 is 1.30 bits per heavy atom. The summed E-state index contributed by atoms with van der Waals surface area (Å²) in [6, 6.07) is 2.38. The quantitative estimate of drug-likeness (QED) is 0.871. The van der Waals surface area contributed by atoms with Crippen LogP contribution in [0.25, 0.3) is 11.0 Å². The first-order valence-electron chi connectivity index (χ1n) is 7.40. The second kappa shape index (κ2) is 5.00. The molecule has 23 heavy (non-hydrogen) atoms. The molecule has 0 bridgehead atoms. The molecule has 0 aliphatic carbocycles. The average Bonchev–Trinajstić information content (AvgIpc) is 2.51. The van der Waals surface area contributed by atoms with E-state index in [0.29, 0.717) is 24.8 Å². The number of benzene rings is 1. The van der Waals surface area contributed by atoms with E-state index in [9.17, 15) is 13.6 Å². The number of nitrogens with zero attached hydrogens (tertiary/aromatic N) is 4. The van der Waals surface area contributed by atoms with Crippen molar-refractivity contribution >= 4 is 22.9 Å². The first-order chi connectivity index (χ1) is 11.0. The fraction of sp³-hybridized carbons (Fsp3) is 0.400. The van der Waals surface area contributed by atoms with Gasteiger partial charge < -0.3 is 14.9 Å². The minimum atomic E-state index is -1.00. The van der Waals surface area contributed by atoms with Crippen LogP contribution in [0, 0.1) is 17.6 Å². The molecule has 2 aliphatic heterocycles. The average molecular weight is 320 g/mol. The molecule has 2 aromatic rings. The molecule has 0 saturated carbocycles. The summed E-state index contributed by atoms with van der Waals surface area (Å²) in [5.41, 5.74) is 0.187. The zero-order valence-corrected chi connectivity index (χ0v) is 12.1. The molecule has 2 aliphatic rings. The van der Waals surface area contributed by atoms with Crippen LogP contribution in [0.5, 0.6) is 0 Å². The third-order valence-corrected chi connectivity index (χ3v) is 4.71. The summed E-state index contributed by atoms with van der Waals surface area (Å²) < 4.78 is 26.9. The second-order valence-electron chi connectivity index (χ2n) is 5.95. The van der Waals surface area contributed by atoms with E-state index in [0.717, 1.165) is 19.0 Å². The van der Waals surface area contributed by atoms with Gasteiger partial charge in [0.2, 0.25) is 0 Å². The molecule has 2 fully saturated rings. The summed E-state index contributed by atoms with van der Waals surface area (Å²) in [6.07, 6.45) is 1.39. The number of amides is 1. The highest BCUT2D eigenvalue weighted by Gasteiger charge is 2.45. The topological polar surface area (TPSA) is 69.6 Å². The minimum Gasteiger partial charge on any atom is -0.465 e. The lowest BCUT2D eigenvalue weighted by molar-refractivity contribution is 0.0135.